The summed E-state index contributed by atoms with van der Waals surface area (Å²) in [4.78, 5) is 26.2. The molecule has 1 aliphatic carbocycles. The molecular weight excluding hydrogens is 248 g/mol. The van der Waals surface area contributed by atoms with E-state index in [0.29, 0.717) is 12.2 Å². The minimum Gasteiger partial charge on any atom is -0.477 e. The molecule has 2 rings (SSSR count). The lowest BCUT2D eigenvalue weighted by molar-refractivity contribution is -0.00863. The van der Waals surface area contributed by atoms with Gasteiger partial charge in [0.25, 0.3) is 5.91 Å². The summed E-state index contributed by atoms with van der Waals surface area (Å²) >= 11 is 0. The molecule has 1 aromatic rings. The SMILES string of the molecule is CCOC1CC(NC(=O)c2ccc(C(=O)O)nc2)C1. The van der Waals surface area contributed by atoms with E-state index in [1.54, 1.807) is 0 Å². The Hall–Kier alpha value is -1.95. The highest BCUT2D eigenvalue weighted by atomic mass is 16.5. The van der Waals surface area contributed by atoms with Gasteiger partial charge in [0.2, 0.25) is 0 Å². The van der Waals surface area contributed by atoms with Crippen LogP contribution in [0.25, 0.3) is 0 Å². The van der Waals surface area contributed by atoms with Crippen molar-refractivity contribution < 1.29 is 19.4 Å². The summed E-state index contributed by atoms with van der Waals surface area (Å²) in [5, 5.41) is 11.6. The van der Waals surface area contributed by atoms with E-state index in [9.17, 15) is 9.59 Å². The first-order valence-electron chi connectivity index (χ1n) is 6.22. The molecule has 2 N–H and O–H groups in total. The number of ether oxygens (including phenoxy) is 1. The summed E-state index contributed by atoms with van der Waals surface area (Å²) in [6, 6.07) is 2.91. The monoisotopic (exact) mass is 264 g/mol. The Labute approximate surface area is 110 Å². The first-order valence-corrected chi connectivity index (χ1v) is 6.22. The van der Waals surface area contributed by atoms with E-state index in [4.69, 9.17) is 9.84 Å². The van der Waals surface area contributed by atoms with E-state index < -0.39 is 5.97 Å². The van der Waals surface area contributed by atoms with Crippen LogP contribution in [0, 0.1) is 0 Å². The van der Waals surface area contributed by atoms with E-state index >= 15 is 0 Å². The summed E-state index contributed by atoms with van der Waals surface area (Å²) in [5.41, 5.74) is 0.293. The molecule has 0 bridgehead atoms. The van der Waals surface area contributed by atoms with Crippen LogP contribution in [0.3, 0.4) is 0 Å². The van der Waals surface area contributed by atoms with Crippen LogP contribution in [-0.2, 0) is 4.74 Å². The Morgan fingerprint density at radius 1 is 1.47 bits per heavy atom. The van der Waals surface area contributed by atoms with Crippen molar-refractivity contribution in [1.29, 1.82) is 0 Å². The minimum atomic E-state index is -1.11. The largest absolute Gasteiger partial charge is 0.477 e. The predicted octanol–water partition coefficient (Wildman–Crippen LogP) is 1.08. The molecule has 1 amide bonds. The molecule has 1 aromatic heterocycles. The fraction of sp³-hybridized carbons (Fsp3) is 0.462. The molecule has 102 valence electrons. The Morgan fingerprint density at radius 3 is 2.74 bits per heavy atom. The molecule has 6 heteroatoms. The Balaban J connectivity index is 1.85. The quantitative estimate of drug-likeness (QED) is 0.830. The van der Waals surface area contributed by atoms with Crippen LogP contribution in [0.1, 0.15) is 40.6 Å². The number of amides is 1. The van der Waals surface area contributed by atoms with Crippen molar-refractivity contribution in [2.75, 3.05) is 6.61 Å². The van der Waals surface area contributed by atoms with Gasteiger partial charge in [0.05, 0.1) is 11.7 Å². The molecule has 1 heterocycles. The number of aromatic nitrogens is 1. The highest BCUT2D eigenvalue weighted by Gasteiger charge is 2.30. The van der Waals surface area contributed by atoms with E-state index in [1.807, 2.05) is 6.92 Å². The van der Waals surface area contributed by atoms with E-state index in [1.165, 1.54) is 18.3 Å². The van der Waals surface area contributed by atoms with Crippen LogP contribution in [0.4, 0.5) is 0 Å². The van der Waals surface area contributed by atoms with E-state index in [-0.39, 0.29) is 23.7 Å². The number of carboxylic acid groups (broad SMARTS) is 1. The van der Waals surface area contributed by atoms with Crippen LogP contribution in [0.15, 0.2) is 18.3 Å². The van der Waals surface area contributed by atoms with Gasteiger partial charge in [-0.15, -0.1) is 0 Å². The molecule has 19 heavy (non-hydrogen) atoms. The summed E-state index contributed by atoms with van der Waals surface area (Å²) in [6.07, 6.45) is 3.15. The molecule has 0 unspecified atom stereocenters. The third-order valence-electron chi connectivity index (χ3n) is 3.08. The van der Waals surface area contributed by atoms with Crippen LogP contribution < -0.4 is 5.32 Å². The number of rotatable bonds is 5. The minimum absolute atomic E-state index is 0.0726. The van der Waals surface area contributed by atoms with E-state index in [0.717, 1.165) is 12.8 Å². The van der Waals surface area contributed by atoms with Crippen LogP contribution in [-0.4, -0.2) is 40.7 Å². The van der Waals surface area contributed by atoms with Crippen molar-refractivity contribution in [2.45, 2.75) is 31.9 Å². The van der Waals surface area contributed by atoms with Gasteiger partial charge in [-0.1, -0.05) is 0 Å². The van der Waals surface area contributed by atoms with Gasteiger partial charge in [-0.05, 0) is 31.9 Å². The van der Waals surface area contributed by atoms with Gasteiger partial charge < -0.3 is 15.2 Å². The zero-order valence-corrected chi connectivity index (χ0v) is 10.6. The number of hydrogen-bond acceptors (Lipinski definition) is 4. The number of hydrogen-bond donors (Lipinski definition) is 2. The third-order valence-corrected chi connectivity index (χ3v) is 3.08. The second-order valence-corrected chi connectivity index (χ2v) is 4.46. The number of nitrogens with zero attached hydrogens (tertiary/aromatic N) is 1. The number of carbonyl (C=O) groups excluding carboxylic acids is 1. The molecule has 1 saturated carbocycles. The van der Waals surface area contributed by atoms with Crippen molar-refractivity contribution in [1.82, 2.24) is 10.3 Å². The zero-order valence-electron chi connectivity index (χ0n) is 10.6. The average Bonchev–Trinajstić information content (AvgIpc) is 2.36. The topological polar surface area (TPSA) is 88.5 Å². The third kappa shape index (κ3) is 3.29. The lowest BCUT2D eigenvalue weighted by Gasteiger charge is -2.35. The number of carbonyl (C=O) groups is 2. The lowest BCUT2D eigenvalue weighted by atomic mass is 9.89. The van der Waals surface area contributed by atoms with Gasteiger partial charge in [-0.3, -0.25) is 4.79 Å². The fourth-order valence-electron chi connectivity index (χ4n) is 1.98. The number of aromatic carboxylic acids is 1. The van der Waals surface area contributed by atoms with Gasteiger partial charge in [0.1, 0.15) is 5.69 Å². The van der Waals surface area contributed by atoms with Crippen LogP contribution >= 0.6 is 0 Å². The van der Waals surface area contributed by atoms with Crippen molar-refractivity contribution >= 4 is 11.9 Å². The Kier molecular flexibility index (Phi) is 4.11. The van der Waals surface area contributed by atoms with Gasteiger partial charge >= 0.3 is 5.97 Å². The standard InChI is InChI=1S/C13H16N2O4/c1-2-19-10-5-9(6-10)15-12(16)8-3-4-11(13(17)18)14-7-8/h3-4,7,9-10H,2,5-6H2,1H3,(H,15,16)(H,17,18). The molecule has 0 aromatic carbocycles. The smallest absolute Gasteiger partial charge is 0.354 e. The molecule has 0 spiro atoms. The molecular formula is C13H16N2O4. The zero-order chi connectivity index (χ0) is 13.8. The maximum atomic E-state index is 11.9. The van der Waals surface area contributed by atoms with Crippen LogP contribution in [0.2, 0.25) is 0 Å². The predicted molar refractivity (Wildman–Crippen MR) is 67.1 cm³/mol. The average molecular weight is 264 g/mol. The van der Waals surface area contributed by atoms with Crippen molar-refractivity contribution in [3.8, 4) is 0 Å². The second-order valence-electron chi connectivity index (χ2n) is 4.46. The van der Waals surface area contributed by atoms with Gasteiger partial charge in [0.15, 0.2) is 0 Å². The normalized spacial score (nSPS) is 21.5. The first-order chi connectivity index (χ1) is 9.10. The Bertz CT molecular complexity index is 466. The van der Waals surface area contributed by atoms with Crippen molar-refractivity contribution in [3.05, 3.63) is 29.6 Å². The number of pyridine rings is 1. The lowest BCUT2D eigenvalue weighted by Crippen LogP contribution is -2.47. The summed E-state index contributed by atoms with van der Waals surface area (Å²) in [7, 11) is 0. The molecule has 0 radical (unpaired) electrons. The highest BCUT2D eigenvalue weighted by Crippen LogP contribution is 2.23. The highest BCUT2D eigenvalue weighted by molar-refractivity contribution is 5.95. The molecule has 6 nitrogen and oxygen atoms in total. The Morgan fingerprint density at radius 2 is 2.21 bits per heavy atom. The maximum absolute atomic E-state index is 11.9. The van der Waals surface area contributed by atoms with Crippen molar-refractivity contribution in [2.24, 2.45) is 0 Å². The first kappa shape index (κ1) is 13.5. The molecule has 0 atom stereocenters. The summed E-state index contributed by atoms with van der Waals surface area (Å²) < 4.78 is 5.41. The van der Waals surface area contributed by atoms with Crippen molar-refractivity contribution in [3.63, 3.8) is 0 Å². The van der Waals surface area contributed by atoms with Gasteiger partial charge in [-0.25, -0.2) is 9.78 Å². The van der Waals surface area contributed by atoms with Crippen LogP contribution in [0.5, 0.6) is 0 Å². The maximum Gasteiger partial charge on any atom is 0.354 e. The molecule has 1 aliphatic rings. The molecule has 1 fully saturated rings. The second kappa shape index (κ2) is 5.79. The van der Waals surface area contributed by atoms with Gasteiger partial charge in [-0.2, -0.15) is 0 Å². The number of carboxylic acids is 1. The summed E-state index contributed by atoms with van der Waals surface area (Å²) in [6.45, 7) is 2.63. The van der Waals surface area contributed by atoms with E-state index in [2.05, 4.69) is 10.3 Å². The summed E-state index contributed by atoms with van der Waals surface area (Å²) in [5.74, 6) is -1.34. The fourth-order valence-corrected chi connectivity index (χ4v) is 1.98. The molecule has 0 saturated heterocycles. The number of nitrogens with one attached hydrogen (secondary N) is 1. The van der Waals surface area contributed by atoms with Gasteiger partial charge in [0, 0.05) is 18.8 Å². The molecule has 0 aliphatic heterocycles.